The molecule has 0 bridgehead atoms. The quantitative estimate of drug-likeness (QED) is 0.822. The van der Waals surface area contributed by atoms with Crippen LogP contribution in [0, 0.1) is 0 Å². The molecule has 20 heavy (non-hydrogen) atoms. The van der Waals surface area contributed by atoms with Crippen molar-refractivity contribution in [3.05, 3.63) is 40.3 Å². The van der Waals surface area contributed by atoms with Crippen LogP contribution in [-0.4, -0.2) is 17.3 Å². The summed E-state index contributed by atoms with van der Waals surface area (Å²) in [5.74, 6) is -0.868. The second-order valence-corrected chi connectivity index (χ2v) is 6.91. The van der Waals surface area contributed by atoms with Crippen molar-refractivity contribution >= 4 is 40.4 Å². The van der Waals surface area contributed by atoms with Gasteiger partial charge in [0, 0.05) is 5.69 Å². The lowest BCUT2D eigenvalue weighted by Gasteiger charge is -2.08. The molecule has 0 fully saturated rings. The van der Waals surface area contributed by atoms with Crippen LogP contribution in [0.4, 0.5) is 11.4 Å². The highest BCUT2D eigenvalue weighted by Crippen LogP contribution is 2.37. The number of fused-ring (bicyclic) bond motifs is 1. The Kier molecular flexibility index (Phi) is 3.72. The maximum Gasteiger partial charge on any atom is 0.345 e. The van der Waals surface area contributed by atoms with Crippen LogP contribution in [-0.2, 0) is 12.8 Å². The van der Waals surface area contributed by atoms with Gasteiger partial charge in [-0.1, -0.05) is 6.07 Å². The average Bonchev–Trinajstić information content (AvgIpc) is 3.04. The fourth-order valence-corrected chi connectivity index (χ4v) is 4.14. The molecule has 3 nitrogen and oxygen atoms in total. The van der Waals surface area contributed by atoms with Crippen LogP contribution < -0.4 is 5.32 Å². The molecule has 0 unspecified atom stereocenters. The van der Waals surface area contributed by atoms with Crippen LogP contribution in [0.1, 0.15) is 27.2 Å². The average molecular weight is 305 g/mol. The van der Waals surface area contributed by atoms with Crippen molar-refractivity contribution in [2.24, 2.45) is 0 Å². The summed E-state index contributed by atoms with van der Waals surface area (Å²) in [5, 5.41) is 12.4. The van der Waals surface area contributed by atoms with Crippen molar-refractivity contribution in [2.45, 2.75) is 23.5 Å². The van der Waals surface area contributed by atoms with E-state index in [1.807, 2.05) is 6.26 Å². The van der Waals surface area contributed by atoms with Gasteiger partial charge in [-0.2, -0.15) is 0 Å². The van der Waals surface area contributed by atoms with E-state index in [0.717, 1.165) is 22.0 Å². The smallest absolute Gasteiger partial charge is 0.345 e. The molecule has 2 N–H and O–H groups in total. The summed E-state index contributed by atoms with van der Waals surface area (Å²) in [6.07, 6.45) is 5.51. The Bertz CT molecular complexity index is 664. The number of hydrogen-bond donors (Lipinski definition) is 2. The van der Waals surface area contributed by atoms with Gasteiger partial charge in [-0.3, -0.25) is 0 Å². The molecule has 104 valence electrons. The van der Waals surface area contributed by atoms with E-state index < -0.39 is 5.97 Å². The van der Waals surface area contributed by atoms with Gasteiger partial charge in [-0.05, 0) is 54.8 Å². The molecule has 0 amide bonds. The molecule has 0 aliphatic heterocycles. The Morgan fingerprint density at radius 2 is 2.10 bits per heavy atom. The van der Waals surface area contributed by atoms with Crippen molar-refractivity contribution in [1.29, 1.82) is 0 Å². The summed E-state index contributed by atoms with van der Waals surface area (Å²) >= 11 is 2.88. The normalized spacial score (nSPS) is 13.2. The van der Waals surface area contributed by atoms with Gasteiger partial charge < -0.3 is 10.4 Å². The van der Waals surface area contributed by atoms with E-state index in [1.165, 1.54) is 35.3 Å². The third kappa shape index (κ3) is 2.55. The Morgan fingerprint density at radius 1 is 1.30 bits per heavy atom. The van der Waals surface area contributed by atoms with E-state index in [0.29, 0.717) is 4.88 Å². The molecule has 1 heterocycles. The van der Waals surface area contributed by atoms with Crippen molar-refractivity contribution in [2.75, 3.05) is 11.6 Å². The highest BCUT2D eigenvalue weighted by atomic mass is 32.2. The number of thioether (sulfide) groups is 1. The third-order valence-corrected chi connectivity index (χ3v) is 5.73. The molecule has 0 radical (unpaired) electrons. The number of nitrogens with one attached hydrogen (secondary N) is 1. The van der Waals surface area contributed by atoms with E-state index in [9.17, 15) is 4.79 Å². The Labute approximate surface area is 126 Å². The first-order valence-corrected chi connectivity index (χ1v) is 8.51. The van der Waals surface area contributed by atoms with Gasteiger partial charge in [0.05, 0.1) is 9.90 Å². The first-order valence-electron chi connectivity index (χ1n) is 6.47. The number of anilines is 2. The number of carboxylic acids is 1. The van der Waals surface area contributed by atoms with E-state index >= 15 is 0 Å². The predicted octanol–water partition coefficient (Wildman–Crippen LogP) is 4.40. The Morgan fingerprint density at radius 3 is 2.85 bits per heavy atom. The number of carbonyl (C=O) groups is 1. The van der Waals surface area contributed by atoms with Crippen molar-refractivity contribution in [1.82, 2.24) is 0 Å². The highest BCUT2D eigenvalue weighted by Gasteiger charge is 2.15. The van der Waals surface area contributed by atoms with Crippen LogP contribution >= 0.6 is 23.1 Å². The van der Waals surface area contributed by atoms with Crippen molar-refractivity contribution in [3.8, 4) is 0 Å². The zero-order valence-corrected chi connectivity index (χ0v) is 12.7. The van der Waals surface area contributed by atoms with Crippen LogP contribution in [0.15, 0.2) is 28.5 Å². The van der Waals surface area contributed by atoms with Gasteiger partial charge in [0.15, 0.2) is 0 Å². The predicted molar refractivity (Wildman–Crippen MR) is 84.8 cm³/mol. The second-order valence-electron chi connectivity index (χ2n) is 4.78. The molecule has 1 aliphatic rings. The van der Waals surface area contributed by atoms with Crippen molar-refractivity contribution < 1.29 is 9.90 Å². The highest BCUT2D eigenvalue weighted by molar-refractivity contribution is 8.00. The molecule has 0 atom stereocenters. The second kappa shape index (κ2) is 5.50. The maximum absolute atomic E-state index is 11.1. The first-order chi connectivity index (χ1) is 9.67. The van der Waals surface area contributed by atoms with Gasteiger partial charge in [0.2, 0.25) is 0 Å². The van der Waals surface area contributed by atoms with Crippen LogP contribution in [0.3, 0.4) is 0 Å². The lowest BCUT2D eigenvalue weighted by molar-refractivity contribution is 0.0702. The van der Waals surface area contributed by atoms with E-state index in [2.05, 4.69) is 23.5 Å². The summed E-state index contributed by atoms with van der Waals surface area (Å²) in [4.78, 5) is 11.4. The number of hydrogen-bond acceptors (Lipinski definition) is 4. The maximum atomic E-state index is 11.1. The minimum Gasteiger partial charge on any atom is -0.477 e. The summed E-state index contributed by atoms with van der Waals surface area (Å²) in [5.41, 5.74) is 4.78. The topological polar surface area (TPSA) is 49.3 Å². The molecule has 0 saturated carbocycles. The minimum absolute atomic E-state index is 0.373. The van der Waals surface area contributed by atoms with Gasteiger partial charge in [0.25, 0.3) is 0 Å². The molecular weight excluding hydrogens is 290 g/mol. The standard InChI is InChI=1S/C15H15NO2S2/c1-19-15-12(8-13(20-15)14(17)18)16-11-6-5-9-3-2-4-10(9)7-11/h5-8,16H,2-4H2,1H3,(H,17,18). The number of benzene rings is 1. The van der Waals surface area contributed by atoms with Crippen LogP contribution in [0.5, 0.6) is 0 Å². The summed E-state index contributed by atoms with van der Waals surface area (Å²) in [7, 11) is 0. The lowest BCUT2D eigenvalue weighted by Crippen LogP contribution is -1.93. The fourth-order valence-electron chi connectivity index (χ4n) is 2.52. The summed E-state index contributed by atoms with van der Waals surface area (Å²) in [6.45, 7) is 0. The van der Waals surface area contributed by atoms with Crippen LogP contribution in [0.25, 0.3) is 0 Å². The van der Waals surface area contributed by atoms with E-state index in [4.69, 9.17) is 5.11 Å². The van der Waals surface area contributed by atoms with E-state index in [1.54, 1.807) is 17.8 Å². The third-order valence-electron chi connectivity index (χ3n) is 3.47. The van der Waals surface area contributed by atoms with Gasteiger partial charge in [-0.25, -0.2) is 4.79 Å². The SMILES string of the molecule is CSc1sc(C(=O)O)cc1Nc1ccc2c(c1)CCC2. The molecule has 1 aromatic heterocycles. The number of aromatic carboxylic acids is 1. The number of carboxylic acid groups (broad SMARTS) is 1. The Hall–Kier alpha value is -1.46. The lowest BCUT2D eigenvalue weighted by atomic mass is 10.1. The first kappa shape index (κ1) is 13.5. The molecular formula is C15H15NO2S2. The van der Waals surface area contributed by atoms with Crippen LogP contribution in [0.2, 0.25) is 0 Å². The molecule has 2 aromatic rings. The molecule has 0 spiro atoms. The number of aryl methyl sites for hydroxylation is 2. The van der Waals surface area contributed by atoms with Gasteiger partial charge in [-0.15, -0.1) is 23.1 Å². The monoisotopic (exact) mass is 305 g/mol. The summed E-state index contributed by atoms with van der Waals surface area (Å²) in [6, 6.07) is 8.15. The zero-order chi connectivity index (χ0) is 14.1. The van der Waals surface area contributed by atoms with E-state index in [-0.39, 0.29) is 0 Å². The molecule has 1 aromatic carbocycles. The van der Waals surface area contributed by atoms with Crippen molar-refractivity contribution in [3.63, 3.8) is 0 Å². The molecule has 0 saturated heterocycles. The van der Waals surface area contributed by atoms with Gasteiger partial charge >= 0.3 is 5.97 Å². The minimum atomic E-state index is -0.868. The number of thiophene rings is 1. The zero-order valence-electron chi connectivity index (χ0n) is 11.1. The fraction of sp³-hybridized carbons (Fsp3) is 0.267. The molecule has 3 rings (SSSR count). The molecule has 5 heteroatoms. The van der Waals surface area contributed by atoms with Gasteiger partial charge in [0.1, 0.15) is 4.88 Å². The number of rotatable bonds is 4. The largest absolute Gasteiger partial charge is 0.477 e. The molecule has 1 aliphatic carbocycles. The summed E-state index contributed by atoms with van der Waals surface area (Å²) < 4.78 is 1.00. The Balaban J connectivity index is 1.89.